The number of amides is 2. The van der Waals surface area contributed by atoms with Crippen LogP contribution in [0.3, 0.4) is 0 Å². The molecule has 7 nitrogen and oxygen atoms in total. The summed E-state index contributed by atoms with van der Waals surface area (Å²) in [5.41, 5.74) is 2.15. The Hall–Kier alpha value is -1.89. The van der Waals surface area contributed by atoms with Crippen LogP contribution in [0.1, 0.15) is 41.0 Å². The van der Waals surface area contributed by atoms with Gasteiger partial charge in [-0.05, 0) is 19.3 Å². The van der Waals surface area contributed by atoms with Crippen molar-refractivity contribution in [2.75, 3.05) is 19.7 Å². The summed E-state index contributed by atoms with van der Waals surface area (Å²) in [6.45, 7) is 1.85. The van der Waals surface area contributed by atoms with Crippen LogP contribution in [0.2, 0.25) is 0 Å². The lowest BCUT2D eigenvalue weighted by molar-refractivity contribution is -0.136. The Kier molecular flexibility index (Phi) is 2.35. The first-order chi connectivity index (χ1) is 10.7. The van der Waals surface area contributed by atoms with Crippen LogP contribution >= 0.6 is 0 Å². The summed E-state index contributed by atoms with van der Waals surface area (Å²) < 4.78 is 5.93. The van der Waals surface area contributed by atoms with E-state index in [0.29, 0.717) is 38.2 Å². The second-order valence-corrected chi connectivity index (χ2v) is 6.59. The summed E-state index contributed by atoms with van der Waals surface area (Å²) in [6.07, 6.45) is 4.04. The topological polar surface area (TPSA) is 78.5 Å². The molecule has 0 bridgehead atoms. The van der Waals surface area contributed by atoms with Crippen molar-refractivity contribution in [2.24, 2.45) is 0 Å². The summed E-state index contributed by atoms with van der Waals surface area (Å²) in [7, 11) is 0. The van der Waals surface area contributed by atoms with Crippen molar-refractivity contribution in [3.05, 3.63) is 17.0 Å². The number of nitrogens with one attached hydrogen (secondary N) is 1. The van der Waals surface area contributed by atoms with Crippen molar-refractivity contribution in [1.82, 2.24) is 20.0 Å². The molecule has 4 aliphatic rings. The SMILES string of the molecule is O=C(c1n[nH]c2c1CCC2)N1CC[C@@]23OCCN2C(=O)C[C@@H]13. The maximum Gasteiger partial charge on any atom is 0.275 e. The first kappa shape index (κ1) is 12.6. The predicted molar refractivity (Wildman–Crippen MR) is 75.1 cm³/mol. The summed E-state index contributed by atoms with van der Waals surface area (Å²) in [5.74, 6) is 0.0543. The standard InChI is InChI=1S/C15H18N4O3/c20-12-8-11-15(19(12)6-7-22-15)4-5-18(11)14(21)13-9-2-1-3-10(9)16-17-13/h11H,1-8H2,(H,16,17)/t11-,15+/m1/s1. The molecule has 0 aromatic carbocycles. The minimum absolute atomic E-state index is 0.0496. The van der Waals surface area contributed by atoms with Crippen LogP contribution in [0.25, 0.3) is 0 Å². The molecule has 22 heavy (non-hydrogen) atoms. The van der Waals surface area contributed by atoms with Crippen molar-refractivity contribution in [3.63, 3.8) is 0 Å². The average molecular weight is 302 g/mol. The molecule has 1 N–H and O–H groups in total. The van der Waals surface area contributed by atoms with Crippen LogP contribution < -0.4 is 0 Å². The Balaban J connectivity index is 1.49. The van der Waals surface area contributed by atoms with Gasteiger partial charge in [-0.1, -0.05) is 0 Å². The third-order valence-electron chi connectivity index (χ3n) is 5.67. The van der Waals surface area contributed by atoms with Gasteiger partial charge < -0.3 is 14.5 Å². The molecule has 0 unspecified atom stereocenters. The molecular formula is C15H18N4O3. The number of hydrogen-bond donors (Lipinski definition) is 1. The van der Waals surface area contributed by atoms with E-state index in [1.54, 1.807) is 0 Å². The largest absolute Gasteiger partial charge is 0.351 e. The maximum atomic E-state index is 13.0. The number of carbonyl (C=O) groups is 2. The Bertz CT molecular complexity index is 684. The highest BCUT2D eigenvalue weighted by molar-refractivity contribution is 5.95. The molecule has 7 heteroatoms. The van der Waals surface area contributed by atoms with Gasteiger partial charge in [0.05, 0.1) is 19.1 Å². The quantitative estimate of drug-likeness (QED) is 0.796. The van der Waals surface area contributed by atoms with E-state index in [0.717, 1.165) is 30.5 Å². The van der Waals surface area contributed by atoms with Crippen molar-refractivity contribution in [3.8, 4) is 0 Å². The van der Waals surface area contributed by atoms with Gasteiger partial charge in [0, 0.05) is 30.8 Å². The number of carbonyl (C=O) groups excluding carboxylic acids is 2. The lowest BCUT2D eigenvalue weighted by Gasteiger charge is -2.31. The number of fused-ring (bicyclic) bond motifs is 1. The zero-order valence-corrected chi connectivity index (χ0v) is 12.3. The highest BCUT2D eigenvalue weighted by atomic mass is 16.5. The maximum absolute atomic E-state index is 13.0. The molecule has 1 aromatic rings. The van der Waals surface area contributed by atoms with Crippen molar-refractivity contribution in [2.45, 2.75) is 43.9 Å². The number of rotatable bonds is 1. The Morgan fingerprint density at radius 3 is 3.18 bits per heavy atom. The molecule has 1 aliphatic carbocycles. The lowest BCUT2D eigenvalue weighted by Crippen LogP contribution is -2.48. The first-order valence-electron chi connectivity index (χ1n) is 8.02. The zero-order chi connectivity index (χ0) is 14.9. The van der Waals surface area contributed by atoms with Crippen molar-refractivity contribution >= 4 is 11.8 Å². The normalized spacial score (nSPS) is 32.5. The molecular weight excluding hydrogens is 284 g/mol. The summed E-state index contributed by atoms with van der Waals surface area (Å²) in [4.78, 5) is 28.8. The van der Waals surface area contributed by atoms with E-state index in [-0.39, 0.29) is 17.9 Å². The van der Waals surface area contributed by atoms with Crippen LogP contribution in [0.5, 0.6) is 0 Å². The van der Waals surface area contributed by atoms with Gasteiger partial charge in [0.15, 0.2) is 11.4 Å². The highest BCUT2D eigenvalue weighted by Crippen LogP contribution is 2.46. The smallest absolute Gasteiger partial charge is 0.275 e. The molecule has 5 rings (SSSR count). The Morgan fingerprint density at radius 2 is 2.27 bits per heavy atom. The number of aryl methyl sites for hydroxylation is 1. The van der Waals surface area contributed by atoms with Gasteiger partial charge >= 0.3 is 0 Å². The number of hydrogen-bond acceptors (Lipinski definition) is 4. The van der Waals surface area contributed by atoms with Gasteiger partial charge in [-0.2, -0.15) is 5.10 Å². The van der Waals surface area contributed by atoms with E-state index in [1.807, 2.05) is 9.80 Å². The second kappa shape index (κ2) is 4.10. The third kappa shape index (κ3) is 1.37. The van der Waals surface area contributed by atoms with Crippen molar-refractivity contribution < 1.29 is 14.3 Å². The second-order valence-electron chi connectivity index (χ2n) is 6.59. The number of likely N-dealkylation sites (tertiary alicyclic amines) is 1. The van der Waals surface area contributed by atoms with E-state index in [2.05, 4.69) is 10.2 Å². The monoisotopic (exact) mass is 302 g/mol. The van der Waals surface area contributed by atoms with Crippen LogP contribution in [0.4, 0.5) is 0 Å². The van der Waals surface area contributed by atoms with E-state index >= 15 is 0 Å². The van der Waals surface area contributed by atoms with Gasteiger partial charge in [-0.3, -0.25) is 14.7 Å². The van der Waals surface area contributed by atoms with Crippen LogP contribution in [-0.4, -0.2) is 63.3 Å². The van der Waals surface area contributed by atoms with E-state index in [1.165, 1.54) is 0 Å². The molecule has 3 fully saturated rings. The number of H-pyrrole nitrogens is 1. The molecule has 116 valence electrons. The summed E-state index contributed by atoms with van der Waals surface area (Å²) >= 11 is 0. The fraction of sp³-hybridized carbons (Fsp3) is 0.667. The molecule has 1 aromatic heterocycles. The Labute approximate surface area is 127 Å². The minimum Gasteiger partial charge on any atom is -0.351 e. The number of nitrogens with zero attached hydrogens (tertiary/aromatic N) is 3. The van der Waals surface area contributed by atoms with E-state index in [9.17, 15) is 9.59 Å². The van der Waals surface area contributed by atoms with Crippen LogP contribution in [0.15, 0.2) is 0 Å². The third-order valence-corrected chi connectivity index (χ3v) is 5.67. The average Bonchev–Trinajstić information content (AvgIpc) is 3.24. The van der Waals surface area contributed by atoms with Gasteiger partial charge in [0.1, 0.15) is 0 Å². The molecule has 1 spiro atoms. The Morgan fingerprint density at radius 1 is 1.36 bits per heavy atom. The number of ether oxygens (including phenoxy) is 1. The molecule has 2 atom stereocenters. The predicted octanol–water partition coefficient (Wildman–Crippen LogP) is 0.0717. The lowest BCUT2D eigenvalue weighted by atomic mass is 10.1. The van der Waals surface area contributed by atoms with Crippen LogP contribution in [-0.2, 0) is 22.4 Å². The molecule has 4 heterocycles. The van der Waals surface area contributed by atoms with Gasteiger partial charge in [0.2, 0.25) is 5.91 Å². The van der Waals surface area contributed by atoms with Crippen LogP contribution in [0, 0.1) is 0 Å². The number of aromatic nitrogens is 2. The zero-order valence-electron chi connectivity index (χ0n) is 12.3. The van der Waals surface area contributed by atoms with E-state index in [4.69, 9.17) is 4.74 Å². The van der Waals surface area contributed by atoms with Gasteiger partial charge in [-0.15, -0.1) is 0 Å². The minimum atomic E-state index is -0.563. The van der Waals surface area contributed by atoms with Gasteiger partial charge in [0.25, 0.3) is 5.91 Å². The van der Waals surface area contributed by atoms with Gasteiger partial charge in [-0.25, -0.2) is 0 Å². The molecule has 0 radical (unpaired) electrons. The molecule has 0 saturated carbocycles. The molecule has 3 aliphatic heterocycles. The summed E-state index contributed by atoms with van der Waals surface area (Å²) in [5, 5.41) is 7.24. The molecule has 3 saturated heterocycles. The fourth-order valence-corrected chi connectivity index (χ4v) is 4.67. The molecule has 2 amide bonds. The summed E-state index contributed by atoms with van der Waals surface area (Å²) in [6, 6.07) is -0.163. The highest BCUT2D eigenvalue weighted by Gasteiger charge is 2.63. The fourth-order valence-electron chi connectivity index (χ4n) is 4.67. The van der Waals surface area contributed by atoms with E-state index < -0.39 is 5.72 Å². The number of aromatic amines is 1. The first-order valence-corrected chi connectivity index (χ1v) is 8.02. The van der Waals surface area contributed by atoms with Crippen molar-refractivity contribution in [1.29, 1.82) is 0 Å².